The van der Waals surface area contributed by atoms with E-state index in [-0.39, 0.29) is 24.0 Å². The molecule has 3 fully saturated rings. The smallest absolute Gasteiger partial charge is 0.193 e. The summed E-state index contributed by atoms with van der Waals surface area (Å²) in [5.41, 5.74) is 0.621. The van der Waals surface area contributed by atoms with E-state index in [1.165, 1.54) is 37.9 Å². The average molecular weight is 423 g/mol. The number of nitrogens with zero attached hydrogens (tertiary/aromatic N) is 2. The number of hydrogen-bond donors (Lipinski definition) is 1. The second kappa shape index (κ2) is 6.85. The minimum absolute atomic E-state index is 0. The van der Waals surface area contributed by atoms with Crippen LogP contribution in [0.1, 0.15) is 46.0 Å². The Morgan fingerprint density at radius 3 is 2.52 bits per heavy atom. The quantitative estimate of drug-likeness (QED) is 0.427. The van der Waals surface area contributed by atoms with E-state index in [1.807, 2.05) is 7.05 Å². The molecule has 21 heavy (non-hydrogen) atoms. The van der Waals surface area contributed by atoms with Crippen molar-refractivity contribution < 1.29 is 0 Å². The molecule has 0 aromatic carbocycles. The van der Waals surface area contributed by atoms with E-state index in [0.29, 0.717) is 10.2 Å². The molecular weight excluding hydrogens is 393 g/mol. The zero-order valence-electron chi connectivity index (χ0n) is 13.7. The van der Waals surface area contributed by atoms with Crippen molar-refractivity contribution in [3.63, 3.8) is 0 Å². The first kappa shape index (κ1) is 17.7. The third-order valence-corrected chi connectivity index (χ3v) is 6.63. The van der Waals surface area contributed by atoms with Crippen LogP contribution in [0.25, 0.3) is 0 Å². The maximum atomic E-state index is 4.54. The van der Waals surface area contributed by atoms with E-state index in [9.17, 15) is 0 Å². The normalized spacial score (nSPS) is 27.6. The summed E-state index contributed by atoms with van der Waals surface area (Å²) in [5, 5.41) is 3.71. The Morgan fingerprint density at radius 1 is 1.33 bits per heavy atom. The van der Waals surface area contributed by atoms with Crippen LogP contribution < -0.4 is 5.32 Å². The summed E-state index contributed by atoms with van der Waals surface area (Å²) in [4.78, 5) is 6.99. The highest BCUT2D eigenvalue weighted by atomic mass is 127. The highest BCUT2D eigenvalue weighted by Crippen LogP contribution is 2.56. The standard InChI is InChI=1S/C16H29N3S.HI/c1-15(2)12-19(9-10-20-15)14(17-3)18-11-16(7-4-8-16)13-5-6-13;/h13H,4-12H2,1-3H3,(H,17,18);1H. The molecule has 0 amide bonds. The zero-order chi connectivity index (χ0) is 14.2. The average Bonchev–Trinajstić information content (AvgIpc) is 3.16. The van der Waals surface area contributed by atoms with Gasteiger partial charge in [-0.3, -0.25) is 4.99 Å². The van der Waals surface area contributed by atoms with Crippen LogP contribution in [-0.2, 0) is 0 Å². The molecule has 0 unspecified atom stereocenters. The molecule has 1 saturated heterocycles. The van der Waals surface area contributed by atoms with Gasteiger partial charge in [-0.2, -0.15) is 11.8 Å². The van der Waals surface area contributed by atoms with Gasteiger partial charge in [0.1, 0.15) is 0 Å². The van der Waals surface area contributed by atoms with Crippen LogP contribution in [0.4, 0.5) is 0 Å². The third kappa shape index (κ3) is 4.01. The molecule has 5 heteroatoms. The molecule has 1 heterocycles. The molecule has 0 radical (unpaired) electrons. The molecule has 1 aliphatic heterocycles. The van der Waals surface area contributed by atoms with Crippen LogP contribution in [0.15, 0.2) is 4.99 Å². The van der Waals surface area contributed by atoms with Gasteiger partial charge in [0.05, 0.1) is 0 Å². The second-order valence-corrected chi connectivity index (χ2v) is 9.22. The van der Waals surface area contributed by atoms with Gasteiger partial charge in [-0.25, -0.2) is 0 Å². The summed E-state index contributed by atoms with van der Waals surface area (Å²) in [6, 6.07) is 0. The van der Waals surface area contributed by atoms with E-state index in [1.54, 1.807) is 0 Å². The van der Waals surface area contributed by atoms with Crippen LogP contribution >= 0.6 is 35.7 Å². The van der Waals surface area contributed by atoms with Crippen LogP contribution in [0.3, 0.4) is 0 Å². The minimum Gasteiger partial charge on any atom is -0.356 e. The Morgan fingerprint density at radius 2 is 2.05 bits per heavy atom. The lowest BCUT2D eigenvalue weighted by Crippen LogP contribution is -2.53. The molecule has 0 bridgehead atoms. The van der Waals surface area contributed by atoms with E-state index in [0.717, 1.165) is 31.5 Å². The summed E-state index contributed by atoms with van der Waals surface area (Å²) >= 11 is 2.08. The number of hydrogen-bond acceptors (Lipinski definition) is 2. The van der Waals surface area contributed by atoms with Gasteiger partial charge >= 0.3 is 0 Å². The van der Waals surface area contributed by atoms with Crippen LogP contribution in [-0.4, -0.2) is 48.0 Å². The van der Waals surface area contributed by atoms with E-state index in [4.69, 9.17) is 0 Å². The van der Waals surface area contributed by atoms with Crippen molar-refractivity contribution >= 4 is 41.7 Å². The number of thioether (sulfide) groups is 1. The highest BCUT2D eigenvalue weighted by molar-refractivity contribution is 14.0. The number of guanidine groups is 1. The molecule has 0 aromatic rings. The maximum absolute atomic E-state index is 4.54. The molecule has 3 rings (SSSR count). The van der Waals surface area contributed by atoms with Gasteiger partial charge in [0.2, 0.25) is 0 Å². The van der Waals surface area contributed by atoms with Crippen molar-refractivity contribution in [2.75, 3.05) is 32.4 Å². The lowest BCUT2D eigenvalue weighted by atomic mass is 9.65. The van der Waals surface area contributed by atoms with Gasteiger partial charge in [0.25, 0.3) is 0 Å². The Labute approximate surface area is 151 Å². The summed E-state index contributed by atoms with van der Waals surface area (Å²) in [6.07, 6.45) is 7.23. The van der Waals surface area contributed by atoms with Gasteiger partial charge < -0.3 is 10.2 Å². The Balaban J connectivity index is 0.00000161. The van der Waals surface area contributed by atoms with Crippen molar-refractivity contribution in [1.29, 1.82) is 0 Å². The molecule has 0 aromatic heterocycles. The summed E-state index contributed by atoms with van der Waals surface area (Å²) < 4.78 is 0.348. The predicted molar refractivity (Wildman–Crippen MR) is 104 cm³/mol. The Kier molecular flexibility index (Phi) is 5.77. The predicted octanol–water partition coefficient (Wildman–Crippen LogP) is 3.59. The van der Waals surface area contributed by atoms with Gasteiger partial charge in [0, 0.05) is 37.2 Å². The molecular formula is C16H30IN3S. The van der Waals surface area contributed by atoms with Crippen LogP contribution in [0, 0.1) is 11.3 Å². The first-order valence-corrected chi connectivity index (χ1v) is 9.13. The third-order valence-electron chi connectivity index (χ3n) is 5.33. The number of halogens is 1. The fourth-order valence-electron chi connectivity index (χ4n) is 3.84. The zero-order valence-corrected chi connectivity index (χ0v) is 16.8. The first-order chi connectivity index (χ1) is 9.55. The SMILES string of the molecule is CN=C(NCC1(C2CC2)CCC1)N1CCSC(C)(C)C1.I. The van der Waals surface area contributed by atoms with E-state index < -0.39 is 0 Å². The van der Waals surface area contributed by atoms with Gasteiger partial charge in [0.15, 0.2) is 5.96 Å². The van der Waals surface area contributed by atoms with Crippen molar-refractivity contribution in [3.8, 4) is 0 Å². The van der Waals surface area contributed by atoms with E-state index >= 15 is 0 Å². The lowest BCUT2D eigenvalue weighted by molar-refractivity contribution is 0.104. The fraction of sp³-hybridized carbons (Fsp3) is 0.938. The highest BCUT2D eigenvalue weighted by Gasteiger charge is 2.49. The van der Waals surface area contributed by atoms with Crippen molar-refractivity contribution in [2.24, 2.45) is 16.3 Å². The maximum Gasteiger partial charge on any atom is 0.193 e. The monoisotopic (exact) mass is 423 g/mol. The molecule has 2 saturated carbocycles. The summed E-state index contributed by atoms with van der Waals surface area (Å²) in [6.45, 7) is 8.07. The molecule has 0 atom stereocenters. The van der Waals surface area contributed by atoms with Gasteiger partial charge in [-0.05, 0) is 50.9 Å². The molecule has 3 aliphatic rings. The van der Waals surface area contributed by atoms with Gasteiger partial charge in [-0.15, -0.1) is 24.0 Å². The van der Waals surface area contributed by atoms with Crippen molar-refractivity contribution in [3.05, 3.63) is 0 Å². The fourth-order valence-corrected chi connectivity index (χ4v) is 4.95. The lowest BCUT2D eigenvalue weighted by Gasteiger charge is -2.44. The number of rotatable bonds is 3. The molecule has 0 spiro atoms. The van der Waals surface area contributed by atoms with Crippen molar-refractivity contribution in [2.45, 2.75) is 50.7 Å². The largest absolute Gasteiger partial charge is 0.356 e. The first-order valence-electron chi connectivity index (χ1n) is 8.14. The van der Waals surface area contributed by atoms with Gasteiger partial charge in [-0.1, -0.05) is 6.42 Å². The number of nitrogens with one attached hydrogen (secondary N) is 1. The minimum atomic E-state index is 0. The van der Waals surface area contributed by atoms with Crippen LogP contribution in [0.2, 0.25) is 0 Å². The molecule has 3 nitrogen and oxygen atoms in total. The number of aliphatic imine (C=N–C) groups is 1. The molecule has 122 valence electrons. The summed E-state index contributed by atoms with van der Waals surface area (Å²) in [5.74, 6) is 3.35. The van der Waals surface area contributed by atoms with E-state index in [2.05, 4.69) is 40.8 Å². The molecule has 1 N–H and O–H groups in total. The molecule has 2 aliphatic carbocycles. The second-order valence-electron chi connectivity index (χ2n) is 7.42. The van der Waals surface area contributed by atoms with Crippen LogP contribution in [0.5, 0.6) is 0 Å². The topological polar surface area (TPSA) is 27.6 Å². The summed E-state index contributed by atoms with van der Waals surface area (Å²) in [7, 11) is 1.93. The van der Waals surface area contributed by atoms with Crippen molar-refractivity contribution in [1.82, 2.24) is 10.2 Å². The Bertz CT molecular complexity index is 389. The Hall–Kier alpha value is 0.350.